The number of esters is 1. The van der Waals surface area contributed by atoms with Crippen molar-refractivity contribution < 1.29 is 28.6 Å². The molecule has 1 aliphatic heterocycles. The van der Waals surface area contributed by atoms with E-state index in [1.807, 2.05) is 0 Å². The molecule has 11 heteroatoms. The van der Waals surface area contributed by atoms with E-state index >= 15 is 0 Å². The average Bonchev–Trinajstić information content (AvgIpc) is 3.53. The molecular weight excluding hydrogens is 511 g/mol. The first kappa shape index (κ1) is 25.0. The molecular formula is C27H21FN4O5S. The summed E-state index contributed by atoms with van der Waals surface area (Å²) in [6.45, 7) is 6.76. The van der Waals surface area contributed by atoms with Crippen LogP contribution in [0.5, 0.6) is 0 Å². The van der Waals surface area contributed by atoms with Crippen molar-refractivity contribution in [1.29, 1.82) is 0 Å². The zero-order valence-electron chi connectivity index (χ0n) is 20.3. The van der Waals surface area contributed by atoms with Crippen molar-refractivity contribution in [2.45, 2.75) is 19.9 Å². The molecule has 1 aromatic carbocycles. The number of rotatable bonds is 6. The number of Topliss-reactive ketones (excluding diaryl/α,β-unsaturated/α-hetero) is 1. The van der Waals surface area contributed by atoms with Crippen molar-refractivity contribution in [3.05, 3.63) is 100 Å². The number of hydrogen-bond donors (Lipinski definition) is 1. The number of ketones is 1. The van der Waals surface area contributed by atoms with E-state index in [-0.39, 0.29) is 27.9 Å². The van der Waals surface area contributed by atoms with Gasteiger partial charge in [0.25, 0.3) is 5.78 Å². The normalized spacial score (nSPS) is 16.8. The zero-order valence-corrected chi connectivity index (χ0v) is 21.2. The lowest BCUT2D eigenvalue weighted by atomic mass is 9.96. The van der Waals surface area contributed by atoms with Crippen LogP contribution in [-0.4, -0.2) is 43.7 Å². The number of carbonyl (C=O) groups is 3. The fourth-order valence-corrected chi connectivity index (χ4v) is 5.38. The van der Waals surface area contributed by atoms with E-state index in [0.29, 0.717) is 22.6 Å². The molecule has 38 heavy (non-hydrogen) atoms. The minimum Gasteiger partial charge on any atom is -0.505 e. The number of pyridine rings is 1. The number of aliphatic hydroxyl groups is 1. The van der Waals surface area contributed by atoms with Crippen molar-refractivity contribution in [3.63, 3.8) is 0 Å². The van der Waals surface area contributed by atoms with Crippen LogP contribution in [0.15, 0.2) is 66.9 Å². The Morgan fingerprint density at radius 2 is 1.89 bits per heavy atom. The summed E-state index contributed by atoms with van der Waals surface area (Å²) in [5.74, 6) is -3.50. The molecule has 0 bridgehead atoms. The smallest absolute Gasteiger partial charge is 0.350 e. The number of aryl methyl sites for hydroxylation is 2. The number of anilines is 1. The maximum atomic E-state index is 13.8. The first-order valence-corrected chi connectivity index (χ1v) is 12.3. The van der Waals surface area contributed by atoms with Crippen molar-refractivity contribution in [1.82, 2.24) is 14.4 Å². The van der Waals surface area contributed by atoms with E-state index in [0.717, 1.165) is 16.2 Å². The van der Waals surface area contributed by atoms with Crippen molar-refractivity contribution in [3.8, 4) is 0 Å². The number of nitrogens with zero attached hydrogens (tertiary/aromatic N) is 4. The van der Waals surface area contributed by atoms with E-state index in [4.69, 9.17) is 4.74 Å². The molecule has 1 amide bonds. The van der Waals surface area contributed by atoms with Gasteiger partial charge in [-0.15, -0.1) is 0 Å². The minimum absolute atomic E-state index is 0.00967. The molecule has 1 N–H and O–H groups in total. The molecule has 0 radical (unpaired) electrons. The Hall–Kier alpha value is -4.64. The Bertz CT molecular complexity index is 1650. The number of hydrogen-bond acceptors (Lipinski definition) is 8. The zero-order chi connectivity index (χ0) is 27.1. The largest absolute Gasteiger partial charge is 0.505 e. The number of fused-ring (bicyclic) bond motifs is 1. The van der Waals surface area contributed by atoms with Crippen LogP contribution in [0.2, 0.25) is 0 Å². The highest BCUT2D eigenvalue weighted by molar-refractivity contribution is 7.17. The molecule has 192 valence electrons. The second-order valence-electron chi connectivity index (χ2n) is 8.49. The predicted molar refractivity (Wildman–Crippen MR) is 138 cm³/mol. The quantitative estimate of drug-likeness (QED) is 0.128. The monoisotopic (exact) mass is 532 g/mol. The number of benzene rings is 1. The van der Waals surface area contributed by atoms with E-state index in [2.05, 4.69) is 16.5 Å². The van der Waals surface area contributed by atoms with E-state index in [1.165, 1.54) is 30.3 Å². The molecule has 4 aromatic rings. The van der Waals surface area contributed by atoms with Crippen LogP contribution in [0, 0.1) is 19.7 Å². The molecule has 3 aromatic heterocycles. The highest BCUT2D eigenvalue weighted by atomic mass is 32.1. The Labute approximate surface area is 220 Å². The second kappa shape index (κ2) is 9.67. The molecule has 4 heterocycles. The number of amides is 1. The van der Waals surface area contributed by atoms with Gasteiger partial charge in [0.05, 0.1) is 23.0 Å². The van der Waals surface area contributed by atoms with Crippen LogP contribution in [-0.2, 0) is 14.3 Å². The van der Waals surface area contributed by atoms with Crippen LogP contribution in [0.25, 0.3) is 11.4 Å². The third-order valence-electron chi connectivity index (χ3n) is 6.07. The van der Waals surface area contributed by atoms with Gasteiger partial charge < -0.3 is 9.84 Å². The Morgan fingerprint density at radius 3 is 2.61 bits per heavy atom. The topological polar surface area (TPSA) is 114 Å². The Morgan fingerprint density at radius 1 is 1.16 bits per heavy atom. The van der Waals surface area contributed by atoms with Gasteiger partial charge in [0.15, 0.2) is 10.9 Å². The third-order valence-corrected chi connectivity index (χ3v) is 7.20. The summed E-state index contributed by atoms with van der Waals surface area (Å²) in [6, 6.07) is 9.36. The van der Waals surface area contributed by atoms with Crippen LogP contribution >= 0.6 is 11.3 Å². The molecule has 1 aliphatic rings. The van der Waals surface area contributed by atoms with Gasteiger partial charge in [-0.05, 0) is 43.7 Å². The van der Waals surface area contributed by atoms with Gasteiger partial charge in [0.1, 0.15) is 28.6 Å². The summed E-state index contributed by atoms with van der Waals surface area (Å²) in [4.78, 5) is 49.5. The van der Waals surface area contributed by atoms with E-state index in [9.17, 15) is 23.9 Å². The highest BCUT2D eigenvalue weighted by Crippen LogP contribution is 2.44. The van der Waals surface area contributed by atoms with Crippen LogP contribution in [0.3, 0.4) is 0 Å². The molecule has 0 aliphatic carbocycles. The lowest BCUT2D eigenvalue weighted by Gasteiger charge is -2.23. The Balaban J connectivity index is 1.71. The van der Waals surface area contributed by atoms with Gasteiger partial charge in [-0.2, -0.15) is 0 Å². The summed E-state index contributed by atoms with van der Waals surface area (Å²) in [6.07, 6.45) is 3.10. The molecule has 0 spiro atoms. The number of aliphatic hydroxyl groups excluding tert-OH is 1. The second-order valence-corrected chi connectivity index (χ2v) is 9.47. The fourth-order valence-electron chi connectivity index (χ4n) is 4.39. The maximum Gasteiger partial charge on any atom is 0.350 e. The van der Waals surface area contributed by atoms with Crippen molar-refractivity contribution in [2.75, 3.05) is 11.5 Å². The van der Waals surface area contributed by atoms with Gasteiger partial charge in [-0.25, -0.2) is 19.2 Å². The van der Waals surface area contributed by atoms with Gasteiger partial charge in [0, 0.05) is 6.20 Å². The summed E-state index contributed by atoms with van der Waals surface area (Å²) in [5.41, 5.74) is 1.68. The number of carbonyl (C=O) groups excluding carboxylic acids is 3. The predicted octanol–water partition coefficient (Wildman–Crippen LogP) is 4.52. The van der Waals surface area contributed by atoms with Crippen LogP contribution in [0.1, 0.15) is 38.4 Å². The average molecular weight is 533 g/mol. The number of thiazole rings is 1. The minimum atomic E-state index is -1.15. The SMILES string of the molecule is C=CCOC(=O)c1sc(N2C(=O)C(=O)C(=C(O)c3c(C)nc4ccccn34)C2c2ccc(F)cc2)nc1C. The van der Waals surface area contributed by atoms with Crippen LogP contribution < -0.4 is 4.90 Å². The standard InChI is InChI=1S/C27H21FN4O5S/c1-4-13-37-26(36)24-15(3)30-27(38-24)32-21(16-8-10-17(28)11-9-16)19(23(34)25(32)35)22(33)20-14(2)29-18-7-5-6-12-31(18)20/h4-12,21,33H,1,13H2,2-3H3. The van der Waals surface area contributed by atoms with Gasteiger partial charge >= 0.3 is 11.9 Å². The molecule has 5 rings (SSSR count). The lowest BCUT2D eigenvalue weighted by molar-refractivity contribution is -0.132. The maximum absolute atomic E-state index is 13.8. The molecule has 0 saturated carbocycles. The molecule has 9 nitrogen and oxygen atoms in total. The molecule has 1 atom stereocenters. The fraction of sp³-hybridized carbons (Fsp3) is 0.148. The summed E-state index contributed by atoms with van der Waals surface area (Å²) >= 11 is 0.877. The summed E-state index contributed by atoms with van der Waals surface area (Å²) < 4.78 is 20.5. The summed E-state index contributed by atoms with van der Waals surface area (Å²) in [5, 5.41) is 11.6. The van der Waals surface area contributed by atoms with E-state index in [1.54, 1.807) is 42.6 Å². The highest BCUT2D eigenvalue weighted by Gasteiger charge is 2.49. The number of imidazole rings is 1. The van der Waals surface area contributed by atoms with Crippen molar-refractivity contribution in [2.24, 2.45) is 0 Å². The molecule has 1 fully saturated rings. The van der Waals surface area contributed by atoms with Gasteiger partial charge in [0.2, 0.25) is 0 Å². The lowest BCUT2D eigenvalue weighted by Crippen LogP contribution is -2.29. The number of halogens is 1. The Kier molecular flexibility index (Phi) is 6.37. The van der Waals surface area contributed by atoms with Crippen molar-refractivity contribution >= 4 is 45.5 Å². The summed E-state index contributed by atoms with van der Waals surface area (Å²) in [7, 11) is 0. The number of ether oxygens (including phenoxy) is 1. The van der Waals surface area contributed by atoms with Gasteiger partial charge in [-0.3, -0.25) is 18.9 Å². The van der Waals surface area contributed by atoms with Gasteiger partial charge in [-0.1, -0.05) is 42.2 Å². The number of aromatic nitrogens is 3. The first-order valence-electron chi connectivity index (χ1n) is 11.5. The first-order chi connectivity index (χ1) is 18.2. The van der Waals surface area contributed by atoms with Crippen LogP contribution in [0.4, 0.5) is 9.52 Å². The van der Waals surface area contributed by atoms with E-state index < -0.39 is 35.3 Å². The third kappa shape index (κ3) is 4.06. The molecule has 1 saturated heterocycles. The molecule has 1 unspecified atom stereocenters.